The molecule has 0 aromatic carbocycles. The number of nitrogens with zero attached hydrogens (tertiary/aromatic N) is 2. The van der Waals surface area contributed by atoms with Crippen LogP contribution in [0.4, 0.5) is 0 Å². The smallest absolute Gasteiger partial charge is 0.267 e. The molecular weight excluding hydrogens is 226 g/mol. The highest BCUT2D eigenvalue weighted by atomic mass is 16.5. The summed E-state index contributed by atoms with van der Waals surface area (Å²) in [5, 5.41) is 16.6. The van der Waals surface area contributed by atoms with Crippen molar-refractivity contribution in [2.75, 3.05) is 27.4 Å². The van der Waals surface area contributed by atoms with Crippen LogP contribution in [0.25, 0.3) is 0 Å². The van der Waals surface area contributed by atoms with Crippen molar-refractivity contribution in [2.24, 2.45) is 5.10 Å². The van der Waals surface area contributed by atoms with Crippen molar-refractivity contribution in [3.63, 3.8) is 0 Å². The third-order valence-electron chi connectivity index (χ3n) is 2.39. The number of methoxy groups -OCH3 is 1. The SMILES string of the molecule is COCC(CO)NC(=O)C1=NN(C)C(=O)CC1. The molecule has 1 atom stereocenters. The molecule has 0 fully saturated rings. The van der Waals surface area contributed by atoms with E-state index in [1.54, 1.807) is 0 Å². The zero-order valence-electron chi connectivity index (χ0n) is 9.97. The zero-order valence-corrected chi connectivity index (χ0v) is 9.97. The lowest BCUT2D eigenvalue weighted by atomic mass is 10.1. The van der Waals surface area contributed by atoms with Crippen LogP contribution >= 0.6 is 0 Å². The molecule has 0 radical (unpaired) electrons. The van der Waals surface area contributed by atoms with E-state index in [1.165, 1.54) is 14.2 Å². The van der Waals surface area contributed by atoms with Gasteiger partial charge in [0.25, 0.3) is 5.91 Å². The van der Waals surface area contributed by atoms with Crippen LogP contribution in [-0.4, -0.2) is 61.1 Å². The Bertz CT molecular complexity index is 330. The number of ether oxygens (including phenoxy) is 1. The highest BCUT2D eigenvalue weighted by molar-refractivity contribution is 6.39. The number of carbonyl (C=O) groups excluding carboxylic acids is 2. The first kappa shape index (κ1) is 13.6. The monoisotopic (exact) mass is 243 g/mol. The molecule has 1 aliphatic rings. The van der Waals surface area contributed by atoms with Gasteiger partial charge in [-0.15, -0.1) is 0 Å². The van der Waals surface area contributed by atoms with Crippen molar-refractivity contribution in [2.45, 2.75) is 18.9 Å². The lowest BCUT2D eigenvalue weighted by Gasteiger charge is -2.21. The van der Waals surface area contributed by atoms with E-state index in [4.69, 9.17) is 9.84 Å². The first-order valence-corrected chi connectivity index (χ1v) is 5.33. The van der Waals surface area contributed by atoms with Crippen LogP contribution in [0.5, 0.6) is 0 Å². The normalized spacial score (nSPS) is 17.7. The number of hydrogen-bond acceptors (Lipinski definition) is 5. The van der Waals surface area contributed by atoms with Gasteiger partial charge in [0.15, 0.2) is 0 Å². The van der Waals surface area contributed by atoms with Crippen LogP contribution < -0.4 is 5.32 Å². The third-order valence-corrected chi connectivity index (χ3v) is 2.39. The first-order chi connectivity index (χ1) is 8.08. The predicted octanol–water partition coefficient (Wildman–Crippen LogP) is -1.28. The summed E-state index contributed by atoms with van der Waals surface area (Å²) in [7, 11) is 2.99. The number of nitrogens with one attached hydrogen (secondary N) is 1. The molecule has 1 rings (SSSR count). The molecule has 96 valence electrons. The Kier molecular flexibility index (Phi) is 5.05. The molecule has 2 N–H and O–H groups in total. The van der Waals surface area contributed by atoms with E-state index in [-0.39, 0.29) is 31.4 Å². The molecule has 0 saturated carbocycles. The van der Waals surface area contributed by atoms with E-state index in [2.05, 4.69) is 10.4 Å². The maximum absolute atomic E-state index is 11.7. The van der Waals surface area contributed by atoms with Gasteiger partial charge in [0.05, 0.1) is 19.3 Å². The van der Waals surface area contributed by atoms with Crippen molar-refractivity contribution in [1.29, 1.82) is 0 Å². The highest BCUT2D eigenvalue weighted by Crippen LogP contribution is 2.07. The minimum Gasteiger partial charge on any atom is -0.394 e. The molecule has 0 aliphatic carbocycles. The molecule has 0 aromatic heterocycles. The summed E-state index contributed by atoms with van der Waals surface area (Å²) in [6.07, 6.45) is 0.594. The predicted molar refractivity (Wildman–Crippen MR) is 60.3 cm³/mol. The van der Waals surface area contributed by atoms with Gasteiger partial charge in [-0.2, -0.15) is 5.10 Å². The molecule has 0 aromatic rings. The quantitative estimate of drug-likeness (QED) is 0.629. The molecule has 0 saturated heterocycles. The lowest BCUT2D eigenvalue weighted by Crippen LogP contribution is -2.45. The van der Waals surface area contributed by atoms with Crippen LogP contribution in [0.15, 0.2) is 5.10 Å². The van der Waals surface area contributed by atoms with E-state index in [9.17, 15) is 9.59 Å². The Labute approximate surface area is 99.4 Å². The van der Waals surface area contributed by atoms with E-state index < -0.39 is 6.04 Å². The van der Waals surface area contributed by atoms with Gasteiger partial charge in [-0.3, -0.25) is 9.59 Å². The number of carbonyl (C=O) groups is 2. The van der Waals surface area contributed by atoms with Crippen molar-refractivity contribution < 1.29 is 19.4 Å². The van der Waals surface area contributed by atoms with E-state index in [0.29, 0.717) is 12.1 Å². The minimum atomic E-state index is -0.460. The maximum atomic E-state index is 11.7. The van der Waals surface area contributed by atoms with Crippen LogP contribution in [0, 0.1) is 0 Å². The number of hydrogen-bond donors (Lipinski definition) is 2. The summed E-state index contributed by atoms with van der Waals surface area (Å²) >= 11 is 0. The van der Waals surface area contributed by atoms with Gasteiger partial charge in [-0.05, 0) is 0 Å². The van der Waals surface area contributed by atoms with Crippen molar-refractivity contribution >= 4 is 17.5 Å². The average Bonchev–Trinajstić information content (AvgIpc) is 2.31. The van der Waals surface area contributed by atoms with Gasteiger partial charge in [0, 0.05) is 27.0 Å². The number of rotatable bonds is 5. The Hall–Kier alpha value is -1.47. The summed E-state index contributed by atoms with van der Waals surface area (Å²) in [6, 6.07) is -0.460. The summed E-state index contributed by atoms with van der Waals surface area (Å²) in [5.41, 5.74) is 0.293. The fourth-order valence-electron chi connectivity index (χ4n) is 1.44. The second-order valence-corrected chi connectivity index (χ2v) is 3.77. The Morgan fingerprint density at radius 1 is 1.65 bits per heavy atom. The molecule has 1 heterocycles. The fourth-order valence-corrected chi connectivity index (χ4v) is 1.44. The van der Waals surface area contributed by atoms with Crippen LogP contribution in [0.2, 0.25) is 0 Å². The minimum absolute atomic E-state index is 0.114. The van der Waals surface area contributed by atoms with Gasteiger partial charge in [0.1, 0.15) is 5.71 Å². The molecule has 2 amide bonds. The van der Waals surface area contributed by atoms with Crippen molar-refractivity contribution in [1.82, 2.24) is 10.3 Å². The Morgan fingerprint density at radius 2 is 2.35 bits per heavy atom. The third kappa shape index (κ3) is 3.79. The lowest BCUT2D eigenvalue weighted by molar-refractivity contribution is -0.130. The van der Waals surface area contributed by atoms with Gasteiger partial charge >= 0.3 is 0 Å². The van der Waals surface area contributed by atoms with Gasteiger partial charge in [-0.25, -0.2) is 5.01 Å². The maximum Gasteiger partial charge on any atom is 0.267 e. The van der Waals surface area contributed by atoms with E-state index >= 15 is 0 Å². The average molecular weight is 243 g/mol. The Morgan fingerprint density at radius 3 is 2.88 bits per heavy atom. The zero-order chi connectivity index (χ0) is 12.8. The molecule has 7 heteroatoms. The first-order valence-electron chi connectivity index (χ1n) is 5.33. The molecular formula is C10H17N3O4. The molecule has 17 heavy (non-hydrogen) atoms. The van der Waals surface area contributed by atoms with Crippen LogP contribution in [0.3, 0.4) is 0 Å². The molecule has 7 nitrogen and oxygen atoms in total. The van der Waals surface area contributed by atoms with Crippen LogP contribution in [-0.2, 0) is 14.3 Å². The fraction of sp³-hybridized carbons (Fsp3) is 0.700. The number of aliphatic hydroxyl groups excluding tert-OH is 1. The molecule has 1 aliphatic heterocycles. The molecule has 0 spiro atoms. The second kappa shape index (κ2) is 6.31. The van der Waals surface area contributed by atoms with E-state index in [0.717, 1.165) is 5.01 Å². The van der Waals surface area contributed by atoms with Crippen molar-refractivity contribution in [3.05, 3.63) is 0 Å². The highest BCUT2D eigenvalue weighted by Gasteiger charge is 2.23. The molecule has 1 unspecified atom stereocenters. The number of hydrazone groups is 1. The van der Waals surface area contributed by atoms with Gasteiger partial charge < -0.3 is 15.2 Å². The number of aliphatic hydroxyl groups is 1. The summed E-state index contributed by atoms with van der Waals surface area (Å²) in [6.45, 7) is 0.0198. The van der Waals surface area contributed by atoms with Crippen molar-refractivity contribution in [3.8, 4) is 0 Å². The van der Waals surface area contributed by atoms with Crippen LogP contribution in [0.1, 0.15) is 12.8 Å². The topological polar surface area (TPSA) is 91.2 Å². The standard InChI is InChI=1S/C10H17N3O4/c1-13-9(15)4-3-8(12-13)10(16)11-7(5-14)6-17-2/h7,14H,3-6H2,1-2H3,(H,11,16). The second-order valence-electron chi connectivity index (χ2n) is 3.77. The van der Waals surface area contributed by atoms with Gasteiger partial charge in [0.2, 0.25) is 5.91 Å². The van der Waals surface area contributed by atoms with E-state index in [1.807, 2.05) is 0 Å². The molecule has 0 bridgehead atoms. The summed E-state index contributed by atoms with van der Waals surface area (Å²) in [4.78, 5) is 22.9. The summed E-state index contributed by atoms with van der Waals surface area (Å²) in [5.74, 6) is -0.488. The Balaban J connectivity index is 2.58. The summed E-state index contributed by atoms with van der Waals surface area (Å²) < 4.78 is 4.84. The largest absolute Gasteiger partial charge is 0.394 e. The number of amides is 2. The van der Waals surface area contributed by atoms with Gasteiger partial charge in [-0.1, -0.05) is 0 Å².